The first-order valence-corrected chi connectivity index (χ1v) is 7.97. The molecule has 1 aromatic heterocycles. The Labute approximate surface area is 137 Å². The van der Waals surface area contributed by atoms with Crippen molar-refractivity contribution in [3.05, 3.63) is 57.5 Å². The minimum absolute atomic E-state index is 0.170. The second-order valence-corrected chi connectivity index (χ2v) is 5.97. The van der Waals surface area contributed by atoms with Crippen LogP contribution in [0, 0.1) is 18.3 Å². The average molecular weight is 309 g/mol. The van der Waals surface area contributed by atoms with Crippen molar-refractivity contribution in [1.82, 2.24) is 9.88 Å². The molecule has 4 nitrogen and oxygen atoms in total. The number of rotatable bonds is 6. The molecular weight excluding hydrogens is 286 g/mol. The molecule has 4 heteroatoms. The molecule has 0 atom stereocenters. The minimum atomic E-state index is -0.328. The van der Waals surface area contributed by atoms with E-state index in [0.29, 0.717) is 5.56 Å². The molecule has 0 saturated carbocycles. The van der Waals surface area contributed by atoms with Gasteiger partial charge in [0.25, 0.3) is 5.56 Å². The van der Waals surface area contributed by atoms with Gasteiger partial charge in [-0.3, -0.25) is 4.79 Å². The van der Waals surface area contributed by atoms with Crippen LogP contribution in [0.1, 0.15) is 36.6 Å². The van der Waals surface area contributed by atoms with Gasteiger partial charge in [0.05, 0.1) is 0 Å². The lowest BCUT2D eigenvalue weighted by Gasteiger charge is -2.16. The van der Waals surface area contributed by atoms with Crippen LogP contribution in [0.4, 0.5) is 0 Å². The summed E-state index contributed by atoms with van der Waals surface area (Å²) in [4.78, 5) is 16.9. The fourth-order valence-corrected chi connectivity index (χ4v) is 2.64. The van der Waals surface area contributed by atoms with Crippen molar-refractivity contribution in [2.75, 3.05) is 13.6 Å². The van der Waals surface area contributed by atoms with E-state index in [0.717, 1.165) is 24.3 Å². The van der Waals surface area contributed by atoms with Gasteiger partial charge in [-0.25, -0.2) is 0 Å². The van der Waals surface area contributed by atoms with Gasteiger partial charge in [-0.1, -0.05) is 37.6 Å². The molecule has 120 valence electrons. The molecule has 1 heterocycles. The highest BCUT2D eigenvalue weighted by atomic mass is 16.1. The highest BCUT2D eigenvalue weighted by molar-refractivity contribution is 5.70. The summed E-state index contributed by atoms with van der Waals surface area (Å²) >= 11 is 0. The van der Waals surface area contributed by atoms with Gasteiger partial charge in [-0.2, -0.15) is 5.26 Å². The van der Waals surface area contributed by atoms with E-state index in [1.165, 1.54) is 18.4 Å². The summed E-state index contributed by atoms with van der Waals surface area (Å²) < 4.78 is 0. The van der Waals surface area contributed by atoms with E-state index < -0.39 is 0 Å². The third-order valence-corrected chi connectivity index (χ3v) is 3.89. The Bertz CT molecular complexity index is 754. The van der Waals surface area contributed by atoms with E-state index in [1.54, 1.807) is 0 Å². The number of nitrogens with zero attached hydrogens (tertiary/aromatic N) is 2. The molecule has 1 aromatic carbocycles. The third kappa shape index (κ3) is 4.30. The van der Waals surface area contributed by atoms with Crippen LogP contribution >= 0.6 is 0 Å². The van der Waals surface area contributed by atoms with E-state index in [4.69, 9.17) is 0 Å². The highest BCUT2D eigenvalue weighted by Crippen LogP contribution is 2.22. The van der Waals surface area contributed by atoms with Crippen LogP contribution in [-0.2, 0) is 6.54 Å². The second kappa shape index (κ2) is 7.75. The van der Waals surface area contributed by atoms with Crippen LogP contribution < -0.4 is 5.56 Å². The number of aromatic amines is 1. The number of hydrogen-bond acceptors (Lipinski definition) is 3. The van der Waals surface area contributed by atoms with Gasteiger partial charge in [0.15, 0.2) is 0 Å². The lowest BCUT2D eigenvalue weighted by atomic mass is 10.00. The quantitative estimate of drug-likeness (QED) is 0.889. The Balaban J connectivity index is 2.24. The van der Waals surface area contributed by atoms with Gasteiger partial charge >= 0.3 is 0 Å². The van der Waals surface area contributed by atoms with Crippen LogP contribution in [-0.4, -0.2) is 23.5 Å². The van der Waals surface area contributed by atoms with Crippen LogP contribution in [0.2, 0.25) is 0 Å². The summed E-state index contributed by atoms with van der Waals surface area (Å²) in [6.07, 6.45) is 2.40. The topological polar surface area (TPSA) is 59.9 Å². The van der Waals surface area contributed by atoms with Crippen LogP contribution in [0.3, 0.4) is 0 Å². The van der Waals surface area contributed by atoms with Crippen molar-refractivity contribution in [2.45, 2.75) is 33.2 Å². The largest absolute Gasteiger partial charge is 0.325 e. The number of benzene rings is 1. The molecule has 2 aromatic rings. The van der Waals surface area contributed by atoms with E-state index in [9.17, 15) is 10.1 Å². The highest BCUT2D eigenvalue weighted by Gasteiger charge is 2.10. The molecule has 0 aliphatic rings. The summed E-state index contributed by atoms with van der Waals surface area (Å²) in [5, 5.41) is 9.23. The molecule has 0 spiro atoms. The van der Waals surface area contributed by atoms with Gasteiger partial charge < -0.3 is 9.88 Å². The van der Waals surface area contributed by atoms with E-state index in [2.05, 4.69) is 36.0 Å². The van der Waals surface area contributed by atoms with E-state index in [1.807, 2.05) is 31.2 Å². The Morgan fingerprint density at radius 1 is 1.26 bits per heavy atom. The molecular formula is C19H23N3O. The normalized spacial score (nSPS) is 10.7. The predicted octanol–water partition coefficient (Wildman–Crippen LogP) is 3.45. The van der Waals surface area contributed by atoms with Crippen LogP contribution in [0.5, 0.6) is 0 Å². The number of aromatic nitrogens is 1. The molecule has 0 bridgehead atoms. The molecule has 23 heavy (non-hydrogen) atoms. The number of H-pyrrole nitrogens is 1. The van der Waals surface area contributed by atoms with Gasteiger partial charge in [0, 0.05) is 17.8 Å². The van der Waals surface area contributed by atoms with Gasteiger partial charge in [0.1, 0.15) is 11.6 Å². The first-order chi connectivity index (χ1) is 11.0. The maximum atomic E-state index is 11.9. The summed E-state index contributed by atoms with van der Waals surface area (Å²) in [5.41, 5.74) is 3.42. The van der Waals surface area contributed by atoms with Crippen molar-refractivity contribution in [2.24, 2.45) is 0 Å². The first-order valence-electron chi connectivity index (χ1n) is 7.97. The Kier molecular flexibility index (Phi) is 5.72. The summed E-state index contributed by atoms with van der Waals surface area (Å²) in [6.45, 7) is 6.01. The Morgan fingerprint density at radius 2 is 1.96 bits per heavy atom. The third-order valence-electron chi connectivity index (χ3n) is 3.89. The lowest BCUT2D eigenvalue weighted by molar-refractivity contribution is 0.321. The van der Waals surface area contributed by atoms with Crippen LogP contribution in [0.15, 0.2) is 35.1 Å². The number of unbranched alkanes of at least 4 members (excludes halogenated alkanes) is 1. The maximum absolute atomic E-state index is 11.9. The summed E-state index contributed by atoms with van der Waals surface area (Å²) in [6, 6.07) is 12.0. The molecule has 0 unspecified atom stereocenters. The fourth-order valence-electron chi connectivity index (χ4n) is 2.64. The summed E-state index contributed by atoms with van der Waals surface area (Å²) in [7, 11) is 2.12. The molecule has 0 aliphatic heterocycles. The fraction of sp³-hybridized carbons (Fsp3) is 0.368. The average Bonchev–Trinajstić information content (AvgIpc) is 2.53. The number of aryl methyl sites for hydroxylation is 1. The van der Waals surface area contributed by atoms with Crippen molar-refractivity contribution in [3.63, 3.8) is 0 Å². The van der Waals surface area contributed by atoms with E-state index in [-0.39, 0.29) is 11.1 Å². The van der Waals surface area contributed by atoms with Crippen LogP contribution in [0.25, 0.3) is 11.1 Å². The lowest BCUT2D eigenvalue weighted by Crippen LogP contribution is -2.18. The predicted molar refractivity (Wildman–Crippen MR) is 93.2 cm³/mol. The first kappa shape index (κ1) is 17.0. The number of nitrogens with one attached hydrogen (secondary N) is 1. The summed E-state index contributed by atoms with van der Waals surface area (Å²) in [5.74, 6) is 0. The second-order valence-electron chi connectivity index (χ2n) is 5.97. The zero-order valence-corrected chi connectivity index (χ0v) is 14.0. The molecule has 1 N–H and O–H groups in total. The zero-order chi connectivity index (χ0) is 16.8. The van der Waals surface area contributed by atoms with Crippen molar-refractivity contribution in [1.29, 1.82) is 5.26 Å². The monoisotopic (exact) mass is 309 g/mol. The van der Waals surface area contributed by atoms with Crippen molar-refractivity contribution < 1.29 is 0 Å². The molecule has 0 aliphatic carbocycles. The Hall–Kier alpha value is -2.38. The van der Waals surface area contributed by atoms with Gasteiger partial charge in [0.2, 0.25) is 0 Å². The number of hydrogen-bond donors (Lipinski definition) is 1. The molecule has 0 saturated heterocycles. The van der Waals surface area contributed by atoms with Crippen molar-refractivity contribution in [3.8, 4) is 17.2 Å². The minimum Gasteiger partial charge on any atom is -0.325 e. The van der Waals surface area contributed by atoms with Gasteiger partial charge in [-0.15, -0.1) is 0 Å². The molecule has 0 amide bonds. The number of nitriles is 1. The molecule has 0 fully saturated rings. The Morgan fingerprint density at radius 3 is 2.57 bits per heavy atom. The number of pyridine rings is 1. The van der Waals surface area contributed by atoms with E-state index >= 15 is 0 Å². The van der Waals surface area contributed by atoms with Crippen molar-refractivity contribution >= 4 is 0 Å². The smallest absolute Gasteiger partial charge is 0.266 e. The standard InChI is InChI=1S/C19H23N3O/c1-4-5-10-22(3)13-15-6-8-16(9-7-15)17-11-14(2)21-19(23)18(17)12-20/h6-9,11H,4-5,10,13H2,1-3H3,(H,21,23). The van der Waals surface area contributed by atoms with Gasteiger partial charge in [-0.05, 0) is 44.1 Å². The maximum Gasteiger partial charge on any atom is 0.266 e. The SMILES string of the molecule is CCCCN(C)Cc1ccc(-c2cc(C)[nH]c(=O)c2C#N)cc1. The molecule has 0 radical (unpaired) electrons. The molecule has 2 rings (SSSR count). The zero-order valence-electron chi connectivity index (χ0n) is 14.0.